The lowest BCUT2D eigenvalue weighted by Gasteiger charge is -2.31. The molecule has 0 aliphatic carbocycles. The molecule has 1 aromatic carbocycles. The fourth-order valence-corrected chi connectivity index (χ4v) is 2.96. The third kappa shape index (κ3) is 5.58. The standard InChI is InChI=1S/C17H26N2O2/c1-13(2)11-17(16(19)21,12-15(18)20)10-6-9-14-7-4-3-5-8-14/h3-5,7-8,13H,6,9-12H2,1-2H3,(H2,18,20)(H2,19,21)/t17-/m1/s1. The van der Waals surface area contributed by atoms with Gasteiger partial charge in [-0.15, -0.1) is 0 Å². The molecule has 4 heteroatoms. The Morgan fingerprint density at radius 1 is 1.14 bits per heavy atom. The molecular formula is C17H26N2O2. The Labute approximate surface area is 126 Å². The second kappa shape index (κ2) is 7.81. The Balaban J connectivity index is 2.75. The molecule has 0 aliphatic heterocycles. The monoisotopic (exact) mass is 290 g/mol. The Morgan fingerprint density at radius 2 is 1.76 bits per heavy atom. The highest BCUT2D eigenvalue weighted by atomic mass is 16.2. The number of hydrogen-bond acceptors (Lipinski definition) is 2. The highest BCUT2D eigenvalue weighted by molar-refractivity contribution is 5.87. The molecule has 21 heavy (non-hydrogen) atoms. The van der Waals surface area contributed by atoms with E-state index in [4.69, 9.17) is 11.5 Å². The molecule has 4 N–H and O–H groups in total. The summed E-state index contributed by atoms with van der Waals surface area (Å²) in [5.41, 5.74) is 11.3. The molecule has 0 heterocycles. The summed E-state index contributed by atoms with van der Waals surface area (Å²) < 4.78 is 0. The highest BCUT2D eigenvalue weighted by Gasteiger charge is 2.38. The van der Waals surface area contributed by atoms with Crippen LogP contribution in [0.1, 0.15) is 45.1 Å². The number of carbonyl (C=O) groups is 2. The van der Waals surface area contributed by atoms with Crippen molar-refractivity contribution in [1.82, 2.24) is 0 Å². The summed E-state index contributed by atoms with van der Waals surface area (Å²) >= 11 is 0. The molecule has 116 valence electrons. The van der Waals surface area contributed by atoms with E-state index < -0.39 is 17.2 Å². The van der Waals surface area contributed by atoms with Crippen LogP contribution < -0.4 is 11.5 Å². The van der Waals surface area contributed by atoms with Crippen molar-refractivity contribution in [2.75, 3.05) is 0 Å². The van der Waals surface area contributed by atoms with Crippen molar-refractivity contribution in [2.45, 2.75) is 46.0 Å². The van der Waals surface area contributed by atoms with Gasteiger partial charge in [0.25, 0.3) is 0 Å². The fraction of sp³-hybridized carbons (Fsp3) is 0.529. The van der Waals surface area contributed by atoms with Gasteiger partial charge in [-0.2, -0.15) is 0 Å². The van der Waals surface area contributed by atoms with Crippen LogP contribution in [0.15, 0.2) is 30.3 Å². The number of primary amides is 2. The van der Waals surface area contributed by atoms with Crippen molar-refractivity contribution in [2.24, 2.45) is 22.8 Å². The van der Waals surface area contributed by atoms with Crippen molar-refractivity contribution in [3.8, 4) is 0 Å². The largest absolute Gasteiger partial charge is 0.370 e. The van der Waals surface area contributed by atoms with Gasteiger partial charge < -0.3 is 11.5 Å². The van der Waals surface area contributed by atoms with E-state index in [0.717, 1.165) is 12.8 Å². The SMILES string of the molecule is CC(C)C[C@](CCCc1ccccc1)(CC(N)=O)C(N)=O. The summed E-state index contributed by atoms with van der Waals surface area (Å²) in [7, 11) is 0. The van der Waals surface area contributed by atoms with Crippen LogP contribution in [0.3, 0.4) is 0 Å². The number of carbonyl (C=O) groups excluding carboxylic acids is 2. The van der Waals surface area contributed by atoms with E-state index in [0.29, 0.717) is 12.8 Å². The molecule has 1 atom stereocenters. The van der Waals surface area contributed by atoms with E-state index in [-0.39, 0.29) is 12.3 Å². The van der Waals surface area contributed by atoms with E-state index >= 15 is 0 Å². The summed E-state index contributed by atoms with van der Waals surface area (Å²) in [6.07, 6.45) is 2.91. The predicted octanol–water partition coefficient (Wildman–Crippen LogP) is 2.40. The first-order valence-corrected chi connectivity index (χ1v) is 7.48. The van der Waals surface area contributed by atoms with Crippen LogP contribution in [-0.4, -0.2) is 11.8 Å². The summed E-state index contributed by atoms with van der Waals surface area (Å²) in [5.74, 6) is -0.592. The number of benzene rings is 1. The van der Waals surface area contributed by atoms with Gasteiger partial charge in [-0.25, -0.2) is 0 Å². The molecule has 0 fully saturated rings. The smallest absolute Gasteiger partial charge is 0.224 e. The Kier molecular flexibility index (Phi) is 6.40. The van der Waals surface area contributed by atoms with Gasteiger partial charge in [0.2, 0.25) is 11.8 Å². The first kappa shape index (κ1) is 17.2. The fourth-order valence-electron chi connectivity index (χ4n) is 2.96. The third-order valence-corrected chi connectivity index (χ3v) is 3.80. The maximum Gasteiger partial charge on any atom is 0.224 e. The zero-order chi connectivity index (χ0) is 15.9. The molecule has 0 radical (unpaired) electrons. The molecule has 2 amide bonds. The van der Waals surface area contributed by atoms with Crippen LogP contribution >= 0.6 is 0 Å². The van der Waals surface area contributed by atoms with Crippen molar-refractivity contribution >= 4 is 11.8 Å². The maximum absolute atomic E-state index is 11.9. The molecule has 4 nitrogen and oxygen atoms in total. The van der Waals surface area contributed by atoms with E-state index in [2.05, 4.69) is 12.1 Å². The summed E-state index contributed by atoms with van der Waals surface area (Å²) in [5, 5.41) is 0. The number of nitrogens with two attached hydrogens (primary N) is 2. The lowest BCUT2D eigenvalue weighted by molar-refractivity contribution is -0.134. The molecule has 1 rings (SSSR count). The predicted molar refractivity (Wildman–Crippen MR) is 84.3 cm³/mol. The lowest BCUT2D eigenvalue weighted by Crippen LogP contribution is -2.41. The van der Waals surface area contributed by atoms with Gasteiger partial charge in [0.1, 0.15) is 0 Å². The summed E-state index contributed by atoms with van der Waals surface area (Å²) in [6, 6.07) is 10.1. The lowest BCUT2D eigenvalue weighted by atomic mass is 9.72. The molecule has 0 unspecified atom stereocenters. The first-order valence-electron chi connectivity index (χ1n) is 7.48. The second-order valence-electron chi connectivity index (χ2n) is 6.22. The Hall–Kier alpha value is -1.84. The van der Waals surface area contributed by atoms with Crippen LogP contribution in [0, 0.1) is 11.3 Å². The number of rotatable bonds is 9. The van der Waals surface area contributed by atoms with Crippen LogP contribution in [-0.2, 0) is 16.0 Å². The normalized spacial score (nSPS) is 13.9. The van der Waals surface area contributed by atoms with Gasteiger partial charge in [-0.05, 0) is 37.2 Å². The zero-order valence-electron chi connectivity index (χ0n) is 13.0. The van der Waals surface area contributed by atoms with Crippen molar-refractivity contribution < 1.29 is 9.59 Å². The molecular weight excluding hydrogens is 264 g/mol. The van der Waals surface area contributed by atoms with Crippen molar-refractivity contribution in [3.63, 3.8) is 0 Å². The third-order valence-electron chi connectivity index (χ3n) is 3.80. The van der Waals surface area contributed by atoms with Crippen LogP contribution in [0.4, 0.5) is 0 Å². The molecule has 0 aliphatic rings. The first-order chi connectivity index (χ1) is 9.85. The quantitative estimate of drug-likeness (QED) is 0.731. The Morgan fingerprint density at radius 3 is 2.24 bits per heavy atom. The van der Waals surface area contributed by atoms with Crippen molar-refractivity contribution in [3.05, 3.63) is 35.9 Å². The minimum Gasteiger partial charge on any atom is -0.370 e. The van der Waals surface area contributed by atoms with Gasteiger partial charge in [0, 0.05) is 6.42 Å². The van der Waals surface area contributed by atoms with Gasteiger partial charge in [-0.1, -0.05) is 44.2 Å². The molecule has 0 bridgehead atoms. The zero-order valence-corrected chi connectivity index (χ0v) is 13.0. The van der Waals surface area contributed by atoms with Crippen molar-refractivity contribution in [1.29, 1.82) is 0 Å². The van der Waals surface area contributed by atoms with Gasteiger partial charge >= 0.3 is 0 Å². The van der Waals surface area contributed by atoms with Gasteiger partial charge in [0.15, 0.2) is 0 Å². The van der Waals surface area contributed by atoms with E-state index in [1.54, 1.807) is 0 Å². The number of hydrogen-bond donors (Lipinski definition) is 2. The minimum atomic E-state index is -0.811. The number of aryl methyl sites for hydroxylation is 1. The molecule has 0 spiro atoms. The maximum atomic E-state index is 11.9. The minimum absolute atomic E-state index is 0.0370. The summed E-state index contributed by atoms with van der Waals surface area (Å²) in [4.78, 5) is 23.3. The summed E-state index contributed by atoms with van der Waals surface area (Å²) in [6.45, 7) is 4.05. The van der Waals surface area contributed by atoms with Crippen LogP contribution in [0.2, 0.25) is 0 Å². The average Bonchev–Trinajstić information content (AvgIpc) is 2.38. The van der Waals surface area contributed by atoms with E-state index in [9.17, 15) is 9.59 Å². The molecule has 0 saturated heterocycles. The van der Waals surface area contributed by atoms with Crippen LogP contribution in [0.25, 0.3) is 0 Å². The van der Waals surface area contributed by atoms with Gasteiger partial charge in [-0.3, -0.25) is 9.59 Å². The Bertz CT molecular complexity index is 471. The number of amides is 2. The molecule has 0 saturated carbocycles. The molecule has 1 aromatic rings. The second-order valence-corrected chi connectivity index (χ2v) is 6.22. The topological polar surface area (TPSA) is 86.2 Å². The van der Waals surface area contributed by atoms with E-state index in [1.165, 1.54) is 5.56 Å². The van der Waals surface area contributed by atoms with Gasteiger partial charge in [0.05, 0.1) is 5.41 Å². The molecule has 0 aromatic heterocycles. The van der Waals surface area contributed by atoms with Crippen LogP contribution in [0.5, 0.6) is 0 Å². The highest BCUT2D eigenvalue weighted by Crippen LogP contribution is 2.35. The van der Waals surface area contributed by atoms with E-state index in [1.807, 2.05) is 32.0 Å². The average molecular weight is 290 g/mol.